The van der Waals surface area contributed by atoms with E-state index in [1.807, 2.05) is 53.1 Å². The zero-order valence-corrected chi connectivity index (χ0v) is 17.7. The first kappa shape index (κ1) is 19.1. The van der Waals surface area contributed by atoms with Crippen LogP contribution in [0.3, 0.4) is 0 Å². The zero-order chi connectivity index (χ0) is 20.5. The molecule has 2 aromatic heterocycles. The van der Waals surface area contributed by atoms with Crippen molar-refractivity contribution in [2.75, 3.05) is 7.11 Å². The number of rotatable bonds is 7. The number of benzene rings is 2. The fourth-order valence-corrected chi connectivity index (χ4v) is 4.00. The van der Waals surface area contributed by atoms with E-state index in [0.717, 1.165) is 40.9 Å². The highest BCUT2D eigenvalue weighted by atomic mass is 35.5. The number of ether oxygens (including phenoxy) is 1. The average Bonchev–Trinajstić information content (AvgIpc) is 3.37. The summed E-state index contributed by atoms with van der Waals surface area (Å²) in [6, 6.07) is 15.3. The molecule has 0 bridgehead atoms. The van der Waals surface area contributed by atoms with Crippen LogP contribution in [0.4, 0.5) is 0 Å². The molecule has 152 valence electrons. The minimum Gasteiger partial charge on any atom is -0.497 e. The van der Waals surface area contributed by atoms with Crippen molar-refractivity contribution in [1.29, 1.82) is 0 Å². The largest absolute Gasteiger partial charge is 0.497 e. The second-order valence-corrected chi connectivity index (χ2v) is 8.33. The van der Waals surface area contributed by atoms with Gasteiger partial charge < -0.3 is 9.15 Å². The molecule has 7 nitrogen and oxygen atoms in total. The van der Waals surface area contributed by atoms with E-state index in [-0.39, 0.29) is 0 Å². The van der Waals surface area contributed by atoms with Gasteiger partial charge in [0.25, 0.3) is 0 Å². The van der Waals surface area contributed by atoms with Crippen LogP contribution in [0.1, 0.15) is 30.5 Å². The summed E-state index contributed by atoms with van der Waals surface area (Å²) >= 11 is 7.59. The molecule has 0 atom stereocenters. The van der Waals surface area contributed by atoms with Crippen LogP contribution < -0.4 is 4.74 Å². The third-order valence-corrected chi connectivity index (χ3v) is 5.95. The first-order chi connectivity index (χ1) is 14.7. The summed E-state index contributed by atoms with van der Waals surface area (Å²) in [5.41, 5.74) is 1.81. The minimum atomic E-state index is 0.439. The van der Waals surface area contributed by atoms with Gasteiger partial charge in [-0.2, -0.15) is 0 Å². The van der Waals surface area contributed by atoms with Gasteiger partial charge in [0.05, 0.1) is 12.9 Å². The second kappa shape index (κ2) is 8.12. The Bertz CT molecular complexity index is 1170. The van der Waals surface area contributed by atoms with E-state index in [9.17, 15) is 0 Å². The number of halogens is 1. The van der Waals surface area contributed by atoms with E-state index < -0.39 is 0 Å². The summed E-state index contributed by atoms with van der Waals surface area (Å²) < 4.78 is 13.1. The van der Waals surface area contributed by atoms with Gasteiger partial charge in [0.2, 0.25) is 11.8 Å². The van der Waals surface area contributed by atoms with Gasteiger partial charge in [0.1, 0.15) is 5.75 Å². The molecule has 1 saturated carbocycles. The van der Waals surface area contributed by atoms with Crippen LogP contribution >= 0.6 is 23.4 Å². The molecular formula is C21H18ClN5O2S. The number of hydrogen-bond acceptors (Lipinski definition) is 7. The summed E-state index contributed by atoms with van der Waals surface area (Å²) in [7, 11) is 1.64. The molecule has 30 heavy (non-hydrogen) atoms. The Labute approximate surface area is 182 Å². The molecule has 0 spiro atoms. The predicted molar refractivity (Wildman–Crippen MR) is 114 cm³/mol. The Kier molecular flexibility index (Phi) is 5.18. The average molecular weight is 440 g/mol. The van der Waals surface area contributed by atoms with Crippen LogP contribution in [0, 0.1) is 0 Å². The third kappa shape index (κ3) is 3.93. The number of thioether (sulfide) groups is 1. The van der Waals surface area contributed by atoms with Crippen molar-refractivity contribution in [2.45, 2.75) is 29.7 Å². The highest BCUT2D eigenvalue weighted by molar-refractivity contribution is 7.98. The van der Waals surface area contributed by atoms with Crippen LogP contribution in [-0.2, 0) is 5.75 Å². The van der Waals surface area contributed by atoms with Gasteiger partial charge in [-0.3, -0.25) is 4.57 Å². The number of nitrogens with zero attached hydrogens (tertiary/aromatic N) is 5. The predicted octanol–water partition coefficient (Wildman–Crippen LogP) is 5.15. The Balaban J connectivity index is 1.49. The highest BCUT2D eigenvalue weighted by Crippen LogP contribution is 2.39. The van der Waals surface area contributed by atoms with Crippen molar-refractivity contribution < 1.29 is 9.15 Å². The summed E-state index contributed by atoms with van der Waals surface area (Å²) in [6.45, 7) is 0. The van der Waals surface area contributed by atoms with Crippen molar-refractivity contribution in [3.63, 3.8) is 0 Å². The normalized spacial score (nSPS) is 13.5. The Hall–Kier alpha value is -2.84. The van der Waals surface area contributed by atoms with E-state index in [4.69, 9.17) is 20.8 Å². The lowest BCUT2D eigenvalue weighted by Gasteiger charge is -2.11. The van der Waals surface area contributed by atoms with Crippen molar-refractivity contribution in [2.24, 2.45) is 0 Å². The summed E-state index contributed by atoms with van der Waals surface area (Å²) in [5, 5.41) is 18.6. The van der Waals surface area contributed by atoms with E-state index in [0.29, 0.717) is 28.4 Å². The molecule has 4 aromatic rings. The molecule has 0 unspecified atom stereocenters. The lowest BCUT2D eigenvalue weighted by Crippen LogP contribution is -2.00. The van der Waals surface area contributed by atoms with E-state index in [1.165, 1.54) is 11.8 Å². The summed E-state index contributed by atoms with van der Waals surface area (Å²) in [4.78, 5) is 0. The quantitative estimate of drug-likeness (QED) is 0.368. The number of hydrogen-bond donors (Lipinski definition) is 0. The molecule has 2 heterocycles. The van der Waals surface area contributed by atoms with Gasteiger partial charge in [-0.05, 0) is 49.2 Å². The molecule has 0 amide bonds. The van der Waals surface area contributed by atoms with Crippen LogP contribution in [0.5, 0.6) is 5.75 Å². The molecule has 1 aliphatic carbocycles. The van der Waals surface area contributed by atoms with Gasteiger partial charge in [-0.1, -0.05) is 35.5 Å². The first-order valence-corrected chi connectivity index (χ1v) is 10.9. The molecule has 9 heteroatoms. The van der Waals surface area contributed by atoms with Crippen molar-refractivity contribution in [3.8, 4) is 22.8 Å². The van der Waals surface area contributed by atoms with Crippen LogP contribution in [-0.4, -0.2) is 32.1 Å². The third-order valence-electron chi connectivity index (χ3n) is 4.78. The molecule has 1 aliphatic rings. The topological polar surface area (TPSA) is 78.9 Å². The molecular weight excluding hydrogens is 422 g/mol. The van der Waals surface area contributed by atoms with Crippen LogP contribution in [0.2, 0.25) is 5.02 Å². The zero-order valence-electron chi connectivity index (χ0n) is 16.2. The smallest absolute Gasteiger partial charge is 0.226 e. The fraction of sp³-hybridized carbons (Fsp3) is 0.238. The van der Waals surface area contributed by atoms with E-state index in [2.05, 4.69) is 20.4 Å². The van der Waals surface area contributed by atoms with Crippen molar-refractivity contribution in [1.82, 2.24) is 25.0 Å². The summed E-state index contributed by atoms with van der Waals surface area (Å²) in [5.74, 6) is 3.75. The monoisotopic (exact) mass is 439 g/mol. The molecule has 5 rings (SSSR count). The lowest BCUT2D eigenvalue weighted by molar-refractivity contribution is 0.415. The number of methoxy groups -OCH3 is 1. The van der Waals surface area contributed by atoms with Gasteiger partial charge in [0, 0.05) is 22.2 Å². The van der Waals surface area contributed by atoms with E-state index >= 15 is 0 Å². The van der Waals surface area contributed by atoms with Gasteiger partial charge in [-0.15, -0.1) is 20.4 Å². The van der Waals surface area contributed by atoms with Crippen molar-refractivity contribution >= 4 is 23.4 Å². The van der Waals surface area contributed by atoms with E-state index in [1.54, 1.807) is 7.11 Å². The Morgan fingerprint density at radius 2 is 1.93 bits per heavy atom. The molecule has 0 radical (unpaired) electrons. The van der Waals surface area contributed by atoms with Gasteiger partial charge in [0.15, 0.2) is 11.0 Å². The summed E-state index contributed by atoms with van der Waals surface area (Å²) in [6.07, 6.45) is 2.26. The maximum atomic E-state index is 6.09. The lowest BCUT2D eigenvalue weighted by atomic mass is 10.2. The Morgan fingerprint density at radius 3 is 2.70 bits per heavy atom. The maximum Gasteiger partial charge on any atom is 0.226 e. The van der Waals surface area contributed by atoms with Crippen molar-refractivity contribution in [3.05, 3.63) is 65.3 Å². The second-order valence-electron chi connectivity index (χ2n) is 6.95. The minimum absolute atomic E-state index is 0.439. The SMILES string of the molecule is COc1cccc(-c2nnc(SCc3nnc(C4CC4)o3)n2-c2ccc(Cl)cc2)c1. The number of aromatic nitrogens is 5. The first-order valence-electron chi connectivity index (χ1n) is 9.52. The molecule has 0 aliphatic heterocycles. The van der Waals surface area contributed by atoms with Crippen LogP contribution in [0.25, 0.3) is 17.1 Å². The molecule has 2 aromatic carbocycles. The van der Waals surface area contributed by atoms with Gasteiger partial charge >= 0.3 is 0 Å². The molecule has 0 N–H and O–H groups in total. The van der Waals surface area contributed by atoms with Crippen LogP contribution in [0.15, 0.2) is 58.1 Å². The standard InChI is InChI=1S/C21H18ClN5O2S/c1-28-17-4-2-3-14(11-17)19-24-26-21(27(19)16-9-7-15(22)8-10-16)30-12-18-23-25-20(29-18)13-5-6-13/h2-4,7-11,13H,5-6,12H2,1H3. The van der Waals surface area contributed by atoms with Gasteiger partial charge in [-0.25, -0.2) is 0 Å². The Morgan fingerprint density at radius 1 is 1.10 bits per heavy atom. The highest BCUT2D eigenvalue weighted by Gasteiger charge is 2.29. The molecule has 0 saturated heterocycles. The maximum absolute atomic E-state index is 6.09. The fourth-order valence-electron chi connectivity index (χ4n) is 3.08. The molecule has 1 fully saturated rings.